The quantitative estimate of drug-likeness (QED) is 0.0602. The van der Waals surface area contributed by atoms with Crippen LogP contribution in [0.4, 0.5) is 0 Å². The molecule has 0 spiro atoms. The number of nitrogens with two attached hydrogens (primary N) is 1. The van der Waals surface area contributed by atoms with Crippen molar-refractivity contribution in [3.05, 3.63) is 47.5 Å². The van der Waals surface area contributed by atoms with Crippen molar-refractivity contribution in [2.45, 2.75) is 107 Å². The number of carbonyl (C=O) groups is 5. The Morgan fingerprint density at radius 3 is 2.18 bits per heavy atom. The van der Waals surface area contributed by atoms with E-state index in [1.165, 1.54) is 31.2 Å². The zero-order valence-corrected chi connectivity index (χ0v) is 26.8. The minimum absolute atomic E-state index is 0.0415. The summed E-state index contributed by atoms with van der Waals surface area (Å²) in [6.45, 7) is 1.53. The molecule has 0 saturated carbocycles. The first-order valence-electron chi connectivity index (χ1n) is 15.5. The van der Waals surface area contributed by atoms with Crippen molar-refractivity contribution < 1.29 is 44.4 Å². The van der Waals surface area contributed by atoms with Crippen molar-refractivity contribution >= 4 is 41.5 Å². The Morgan fingerprint density at radius 2 is 1.56 bits per heavy atom. The number of thioether (sulfide) groups is 1. The summed E-state index contributed by atoms with van der Waals surface area (Å²) in [7, 11) is 0. The summed E-state index contributed by atoms with van der Waals surface area (Å²) in [5.41, 5.74) is 7.81. The maximum atomic E-state index is 12.7. The van der Waals surface area contributed by atoms with Gasteiger partial charge in [0.2, 0.25) is 11.8 Å². The minimum Gasteiger partial charge on any atom is -0.481 e. The van der Waals surface area contributed by atoms with E-state index in [4.69, 9.17) is 21.1 Å². The van der Waals surface area contributed by atoms with Gasteiger partial charge in [0, 0.05) is 23.8 Å². The average molecular weight is 652 g/mol. The fourth-order valence-electron chi connectivity index (χ4n) is 4.39. The lowest BCUT2D eigenvalue weighted by molar-refractivity contribution is -0.139. The molecular weight excluding hydrogens is 602 g/mol. The van der Waals surface area contributed by atoms with Crippen molar-refractivity contribution in [1.29, 1.82) is 0 Å². The molecule has 252 valence electrons. The van der Waals surface area contributed by atoms with Crippen molar-refractivity contribution in [3.63, 3.8) is 0 Å². The molecule has 1 rings (SSSR count). The number of nitrogens with one attached hydrogen (secondary N) is 2. The van der Waals surface area contributed by atoms with E-state index in [1.54, 1.807) is 6.08 Å². The van der Waals surface area contributed by atoms with Crippen LogP contribution in [-0.4, -0.2) is 85.9 Å². The molecule has 13 heteroatoms. The van der Waals surface area contributed by atoms with Crippen LogP contribution >= 0.6 is 11.8 Å². The monoisotopic (exact) mass is 651 g/mol. The lowest BCUT2D eigenvalue weighted by Crippen LogP contribution is -2.50. The second kappa shape index (κ2) is 23.0. The number of rotatable bonds is 25. The van der Waals surface area contributed by atoms with Crippen molar-refractivity contribution in [2.24, 2.45) is 5.73 Å². The molecule has 2 amide bonds. The molecule has 0 fully saturated rings. The highest BCUT2D eigenvalue weighted by molar-refractivity contribution is 8.00. The van der Waals surface area contributed by atoms with E-state index < -0.39 is 59.7 Å². The van der Waals surface area contributed by atoms with Crippen LogP contribution in [0.3, 0.4) is 0 Å². The molecule has 1 aromatic carbocycles. The predicted molar refractivity (Wildman–Crippen MR) is 173 cm³/mol. The first-order chi connectivity index (χ1) is 21.4. The Hall–Kier alpha value is -3.42. The van der Waals surface area contributed by atoms with Gasteiger partial charge < -0.3 is 36.8 Å². The number of aliphatic hydroxyl groups excluding tert-OH is 1. The molecule has 0 aliphatic heterocycles. The highest BCUT2D eigenvalue weighted by Gasteiger charge is 2.26. The third kappa shape index (κ3) is 18.9. The van der Waals surface area contributed by atoms with Crippen molar-refractivity contribution in [2.75, 3.05) is 12.3 Å². The number of amides is 2. The number of hydrogen-bond acceptors (Lipinski definition) is 8. The van der Waals surface area contributed by atoms with Gasteiger partial charge in [-0.05, 0) is 49.7 Å². The average Bonchev–Trinajstić information content (AvgIpc) is 2.99. The largest absolute Gasteiger partial charge is 0.481 e. The summed E-state index contributed by atoms with van der Waals surface area (Å²) in [5.74, 6) is -4.96. The Morgan fingerprint density at radius 1 is 0.889 bits per heavy atom. The third-order valence-electron chi connectivity index (χ3n) is 7.06. The van der Waals surface area contributed by atoms with Gasteiger partial charge in [-0.3, -0.25) is 24.0 Å². The summed E-state index contributed by atoms with van der Waals surface area (Å²) in [4.78, 5) is 58.1. The number of allylic oxidation sites excluding steroid dienone is 1. The second-order valence-corrected chi connectivity index (χ2v) is 12.2. The molecule has 0 aromatic heterocycles. The number of carboxylic acid groups (broad SMARTS) is 3. The van der Waals surface area contributed by atoms with Gasteiger partial charge in [0.25, 0.3) is 0 Å². The van der Waals surface area contributed by atoms with Crippen molar-refractivity contribution in [3.8, 4) is 0 Å². The fourth-order valence-corrected chi connectivity index (χ4v) is 5.62. The van der Waals surface area contributed by atoms with Crippen LogP contribution in [0.15, 0.2) is 36.4 Å². The van der Waals surface area contributed by atoms with Crippen LogP contribution in [-0.2, 0) is 36.8 Å². The summed E-state index contributed by atoms with van der Waals surface area (Å²) in [5, 5.41) is 41.9. The van der Waals surface area contributed by atoms with Gasteiger partial charge in [0.15, 0.2) is 0 Å². The summed E-state index contributed by atoms with van der Waals surface area (Å²) < 4.78 is 0. The molecule has 0 bridgehead atoms. The Kier molecular flexibility index (Phi) is 20.2. The van der Waals surface area contributed by atoms with Crippen LogP contribution < -0.4 is 16.4 Å². The molecule has 0 aliphatic carbocycles. The summed E-state index contributed by atoms with van der Waals surface area (Å²) >= 11 is 1.16. The molecule has 4 atom stereocenters. The maximum absolute atomic E-state index is 12.7. The summed E-state index contributed by atoms with van der Waals surface area (Å²) in [6.07, 6.45) is 10.3. The predicted octanol–water partition coefficient (Wildman–Crippen LogP) is 2.89. The molecule has 1 aromatic rings. The van der Waals surface area contributed by atoms with E-state index in [0.717, 1.165) is 30.2 Å². The molecule has 0 aliphatic rings. The van der Waals surface area contributed by atoms with Gasteiger partial charge >= 0.3 is 17.9 Å². The zero-order chi connectivity index (χ0) is 33.6. The lowest BCUT2D eigenvalue weighted by atomic mass is 10.0. The number of carbonyl (C=O) groups excluding carboxylic acids is 2. The van der Waals surface area contributed by atoms with E-state index in [2.05, 4.69) is 41.8 Å². The topological polar surface area (TPSA) is 216 Å². The molecule has 0 unspecified atom stereocenters. The molecular formula is C32H49N3O9S. The van der Waals surface area contributed by atoms with E-state index >= 15 is 0 Å². The number of aryl methyl sites for hydroxylation is 1. The standard InChI is InChI=1S/C32H49N3O9S/c1-2-3-4-5-6-9-22-14-16-23(17-15-22)10-7-12-27(26(36)11-8-13-29(38)39)45-21-25(31(42)34-20-30(40)41)35-28(37)19-18-24(33)32(43)44/h7,12,14-17,24-27,36H,2-6,8-11,13,18-21,33H2,1H3,(H,34,42)(H,35,37)(H,38,39)(H,40,41)(H,43,44)/b12-7-/t24-,25-,26-,27-/m0/s1. The molecule has 0 saturated heterocycles. The van der Waals surface area contributed by atoms with Gasteiger partial charge in [0.05, 0.1) is 6.10 Å². The van der Waals surface area contributed by atoms with Crippen LogP contribution in [0.25, 0.3) is 0 Å². The minimum atomic E-state index is -1.27. The number of aliphatic carboxylic acids is 3. The normalized spacial score (nSPS) is 13.9. The Labute approximate surface area is 269 Å². The molecule has 8 N–H and O–H groups in total. The molecule has 0 heterocycles. The van der Waals surface area contributed by atoms with Gasteiger partial charge in [-0.15, -0.1) is 11.8 Å². The number of aliphatic hydroxyl groups is 1. The summed E-state index contributed by atoms with van der Waals surface area (Å²) in [6, 6.07) is 5.91. The van der Waals surface area contributed by atoms with Gasteiger partial charge in [0.1, 0.15) is 18.6 Å². The number of hydrogen-bond donors (Lipinski definition) is 7. The molecule has 12 nitrogen and oxygen atoms in total. The number of unbranched alkanes of at least 4 members (excludes halogenated alkanes) is 4. The second-order valence-electron chi connectivity index (χ2n) is 11.0. The van der Waals surface area contributed by atoms with E-state index in [0.29, 0.717) is 6.42 Å². The van der Waals surface area contributed by atoms with Crippen LogP contribution in [0.5, 0.6) is 0 Å². The van der Waals surface area contributed by atoms with E-state index in [-0.39, 0.29) is 37.9 Å². The lowest BCUT2D eigenvalue weighted by Gasteiger charge is -2.23. The van der Waals surface area contributed by atoms with Crippen molar-refractivity contribution in [1.82, 2.24) is 10.6 Å². The number of benzene rings is 1. The highest BCUT2D eigenvalue weighted by Crippen LogP contribution is 2.22. The van der Waals surface area contributed by atoms with E-state index in [9.17, 15) is 29.1 Å². The van der Waals surface area contributed by atoms with Gasteiger partial charge in [-0.25, -0.2) is 0 Å². The smallest absolute Gasteiger partial charge is 0.322 e. The fraction of sp³-hybridized carbons (Fsp3) is 0.594. The zero-order valence-electron chi connectivity index (χ0n) is 26.0. The van der Waals surface area contributed by atoms with Crippen LogP contribution in [0, 0.1) is 0 Å². The maximum Gasteiger partial charge on any atom is 0.322 e. The van der Waals surface area contributed by atoms with Gasteiger partial charge in [-0.1, -0.05) is 69.0 Å². The molecule has 45 heavy (non-hydrogen) atoms. The Balaban J connectivity index is 2.92. The van der Waals surface area contributed by atoms with Crippen LogP contribution in [0.1, 0.15) is 82.3 Å². The highest BCUT2D eigenvalue weighted by atomic mass is 32.2. The third-order valence-corrected chi connectivity index (χ3v) is 8.44. The first-order valence-corrected chi connectivity index (χ1v) is 16.5. The van der Waals surface area contributed by atoms with E-state index in [1.807, 2.05) is 6.08 Å². The first kappa shape index (κ1) is 39.6. The Bertz CT molecular complexity index is 1100. The van der Waals surface area contributed by atoms with Gasteiger partial charge in [-0.2, -0.15) is 0 Å². The number of carboxylic acids is 3. The van der Waals surface area contributed by atoms with Crippen LogP contribution in [0.2, 0.25) is 0 Å². The SMILES string of the molecule is CCCCCCCc1ccc(C/C=C\[C@H](SC[C@H](NC(=O)CC[C@H](N)C(=O)O)C(=O)NCC(=O)O)[C@@H](O)CCCC(=O)O)cc1. The molecule has 0 radical (unpaired) electrons.